The summed E-state index contributed by atoms with van der Waals surface area (Å²) in [6.07, 6.45) is 0.974. The quantitative estimate of drug-likeness (QED) is 0.633. The zero-order chi connectivity index (χ0) is 21.4. The van der Waals surface area contributed by atoms with Gasteiger partial charge in [0.25, 0.3) is 5.91 Å². The second kappa shape index (κ2) is 10.4. The van der Waals surface area contributed by atoms with E-state index in [0.717, 1.165) is 17.5 Å². The Morgan fingerprint density at radius 2 is 1.52 bits per heavy atom. The summed E-state index contributed by atoms with van der Waals surface area (Å²) in [4.78, 5) is 37.4. The minimum Gasteiger partial charge on any atom is -0.388 e. The van der Waals surface area contributed by atoms with Crippen LogP contribution in [-0.2, 0) is 11.2 Å². The number of hydrogen-bond acceptors (Lipinski definition) is 4. The van der Waals surface area contributed by atoms with Gasteiger partial charge in [0.1, 0.15) is 12.6 Å². The van der Waals surface area contributed by atoms with Crippen molar-refractivity contribution in [2.45, 2.75) is 19.4 Å². The molecule has 3 N–H and O–H groups in total. The maximum Gasteiger partial charge on any atom is 0.316 e. The molecule has 154 valence electrons. The van der Waals surface area contributed by atoms with E-state index in [-0.39, 0.29) is 6.54 Å². The number of carbonyl (C=O) groups excluding carboxylic acids is 3. The second-order valence-corrected chi connectivity index (χ2v) is 6.86. The number of benzene rings is 2. The summed E-state index contributed by atoms with van der Waals surface area (Å²) >= 11 is 0. The number of urea groups is 1. The molecule has 0 heterocycles. The number of aliphatic hydroxyl groups is 1. The van der Waals surface area contributed by atoms with Crippen molar-refractivity contribution in [1.82, 2.24) is 15.5 Å². The molecule has 2 aromatic carbocycles. The lowest BCUT2D eigenvalue weighted by Gasteiger charge is -2.19. The first-order chi connectivity index (χ1) is 13.8. The maximum atomic E-state index is 12.5. The fourth-order valence-corrected chi connectivity index (χ4v) is 2.69. The predicted molar refractivity (Wildman–Crippen MR) is 112 cm³/mol. The Hall–Kier alpha value is -3.19. The van der Waals surface area contributed by atoms with E-state index in [1.54, 1.807) is 26.2 Å². The Morgan fingerprint density at radius 3 is 2.00 bits per heavy atom. The summed E-state index contributed by atoms with van der Waals surface area (Å²) in [6.45, 7) is 1.27. The average molecular weight is 397 g/mol. The number of Topliss-reactive ketones (excluding diaryl/α,β-unsaturated/α-hetero) is 1. The minimum absolute atomic E-state index is 0.107. The molecular weight excluding hydrogens is 370 g/mol. The predicted octanol–water partition coefficient (Wildman–Crippen LogP) is 1.85. The lowest BCUT2D eigenvalue weighted by atomic mass is 10.0. The number of aryl methyl sites for hydroxylation is 1. The zero-order valence-corrected chi connectivity index (χ0v) is 16.9. The summed E-state index contributed by atoms with van der Waals surface area (Å²) in [6, 6.07) is 13.8. The Balaban J connectivity index is 2.06. The summed E-state index contributed by atoms with van der Waals surface area (Å²) < 4.78 is 0. The van der Waals surface area contributed by atoms with E-state index in [4.69, 9.17) is 5.11 Å². The number of hydrogen-bond donors (Lipinski definition) is 3. The van der Waals surface area contributed by atoms with Crippen molar-refractivity contribution in [3.8, 4) is 11.1 Å². The summed E-state index contributed by atoms with van der Waals surface area (Å²) in [5.74, 6) is -1.03. The molecule has 0 spiro atoms. The molecule has 0 bridgehead atoms. The molecule has 2 rings (SSSR count). The third kappa shape index (κ3) is 6.15. The van der Waals surface area contributed by atoms with Gasteiger partial charge < -0.3 is 20.6 Å². The van der Waals surface area contributed by atoms with Gasteiger partial charge in [-0.25, -0.2) is 4.79 Å². The number of nitrogens with one attached hydrogen (secondary N) is 2. The van der Waals surface area contributed by atoms with Gasteiger partial charge in [0.2, 0.25) is 0 Å². The van der Waals surface area contributed by atoms with E-state index in [1.165, 1.54) is 10.5 Å². The van der Waals surface area contributed by atoms with Gasteiger partial charge in [-0.15, -0.1) is 0 Å². The number of amides is 3. The van der Waals surface area contributed by atoms with Crippen LogP contribution in [0, 0.1) is 0 Å². The van der Waals surface area contributed by atoms with Gasteiger partial charge in [0.05, 0.1) is 0 Å². The lowest BCUT2D eigenvalue weighted by molar-refractivity contribution is -0.123. The normalized spacial score (nSPS) is 11.4. The monoisotopic (exact) mass is 397 g/mol. The third-order valence-corrected chi connectivity index (χ3v) is 4.56. The van der Waals surface area contributed by atoms with Crippen LogP contribution in [0.15, 0.2) is 48.5 Å². The molecule has 0 aliphatic heterocycles. The van der Waals surface area contributed by atoms with Crippen molar-refractivity contribution in [1.29, 1.82) is 0 Å². The molecular formula is C22H27N3O4. The highest BCUT2D eigenvalue weighted by Crippen LogP contribution is 2.20. The molecule has 3 amide bonds. The summed E-state index contributed by atoms with van der Waals surface area (Å²) in [5.41, 5.74) is 3.67. The molecule has 0 saturated heterocycles. The van der Waals surface area contributed by atoms with Crippen molar-refractivity contribution in [2.24, 2.45) is 0 Å². The fourth-order valence-electron chi connectivity index (χ4n) is 2.69. The molecule has 1 atom stereocenters. The first-order valence-corrected chi connectivity index (χ1v) is 9.44. The van der Waals surface area contributed by atoms with Crippen molar-refractivity contribution in [3.05, 3.63) is 59.7 Å². The van der Waals surface area contributed by atoms with E-state index in [2.05, 4.69) is 29.7 Å². The van der Waals surface area contributed by atoms with Crippen LogP contribution in [0.5, 0.6) is 0 Å². The molecule has 0 aromatic heterocycles. The highest BCUT2D eigenvalue weighted by atomic mass is 16.3. The fraction of sp³-hybridized carbons (Fsp3) is 0.318. The van der Waals surface area contributed by atoms with E-state index in [9.17, 15) is 14.4 Å². The molecule has 29 heavy (non-hydrogen) atoms. The first kappa shape index (κ1) is 22.1. The molecule has 0 aliphatic carbocycles. The van der Waals surface area contributed by atoms with Crippen LogP contribution < -0.4 is 10.6 Å². The van der Waals surface area contributed by atoms with Crippen LogP contribution in [0.3, 0.4) is 0 Å². The second-order valence-electron chi connectivity index (χ2n) is 6.86. The van der Waals surface area contributed by atoms with Crippen molar-refractivity contribution < 1.29 is 19.5 Å². The maximum absolute atomic E-state index is 12.5. The number of nitrogens with zero attached hydrogens (tertiary/aromatic N) is 1. The summed E-state index contributed by atoms with van der Waals surface area (Å²) in [5, 5.41) is 14.2. The summed E-state index contributed by atoms with van der Waals surface area (Å²) in [7, 11) is 3.13. The van der Waals surface area contributed by atoms with Crippen LogP contribution in [0.4, 0.5) is 4.79 Å². The number of ketones is 1. The Kier molecular flexibility index (Phi) is 7.91. The van der Waals surface area contributed by atoms with Crippen molar-refractivity contribution in [2.75, 3.05) is 27.2 Å². The Morgan fingerprint density at radius 1 is 0.966 bits per heavy atom. The van der Waals surface area contributed by atoms with Gasteiger partial charge in [-0.05, 0) is 35.2 Å². The van der Waals surface area contributed by atoms with Gasteiger partial charge in [0, 0.05) is 26.2 Å². The highest BCUT2D eigenvalue weighted by molar-refractivity contribution is 5.98. The van der Waals surface area contributed by atoms with E-state index >= 15 is 0 Å². The topological polar surface area (TPSA) is 98.7 Å². The number of rotatable bonds is 8. The smallest absolute Gasteiger partial charge is 0.316 e. The largest absolute Gasteiger partial charge is 0.388 e. The van der Waals surface area contributed by atoms with Gasteiger partial charge >= 0.3 is 6.03 Å². The number of carbonyl (C=O) groups is 3. The van der Waals surface area contributed by atoms with E-state index < -0.39 is 30.4 Å². The van der Waals surface area contributed by atoms with Crippen LogP contribution in [0.2, 0.25) is 0 Å². The Labute approximate surface area is 170 Å². The molecule has 0 saturated carbocycles. The first-order valence-electron chi connectivity index (χ1n) is 9.44. The molecule has 7 nitrogen and oxygen atoms in total. The van der Waals surface area contributed by atoms with Crippen LogP contribution in [0.25, 0.3) is 11.1 Å². The van der Waals surface area contributed by atoms with Gasteiger partial charge in [-0.3, -0.25) is 9.59 Å². The molecule has 0 aliphatic rings. The standard InChI is InChI=1S/C22H27N3O4/c1-4-15-5-7-16(8-6-15)17-9-11-18(12-10-17)21(28)24-19(20(27)14-26)13-23-22(29)25(2)3/h5-12,19,26H,4,13-14H2,1-3H3,(H,23,29)(H,24,28). The van der Waals surface area contributed by atoms with E-state index in [1.807, 2.05) is 24.3 Å². The minimum atomic E-state index is -1.02. The van der Waals surface area contributed by atoms with Crippen LogP contribution in [0.1, 0.15) is 22.8 Å². The van der Waals surface area contributed by atoms with Gasteiger partial charge in [0.15, 0.2) is 5.78 Å². The van der Waals surface area contributed by atoms with Crippen LogP contribution >= 0.6 is 0 Å². The van der Waals surface area contributed by atoms with Crippen LogP contribution in [-0.4, -0.2) is 61.0 Å². The van der Waals surface area contributed by atoms with Crippen molar-refractivity contribution >= 4 is 17.7 Å². The zero-order valence-electron chi connectivity index (χ0n) is 16.9. The molecule has 0 fully saturated rings. The van der Waals surface area contributed by atoms with E-state index in [0.29, 0.717) is 5.56 Å². The molecule has 7 heteroatoms. The van der Waals surface area contributed by atoms with Crippen molar-refractivity contribution in [3.63, 3.8) is 0 Å². The Bertz CT molecular complexity index is 845. The molecule has 1 unspecified atom stereocenters. The SMILES string of the molecule is CCc1ccc(-c2ccc(C(=O)NC(CNC(=O)N(C)C)C(=O)CO)cc2)cc1. The number of aliphatic hydroxyl groups excluding tert-OH is 1. The molecule has 2 aromatic rings. The molecule has 0 radical (unpaired) electrons. The van der Waals surface area contributed by atoms with Gasteiger partial charge in [-0.1, -0.05) is 43.3 Å². The third-order valence-electron chi connectivity index (χ3n) is 4.56. The highest BCUT2D eigenvalue weighted by Gasteiger charge is 2.21. The lowest BCUT2D eigenvalue weighted by Crippen LogP contribution is -2.50. The average Bonchev–Trinajstić information content (AvgIpc) is 2.75. The van der Waals surface area contributed by atoms with Gasteiger partial charge in [-0.2, -0.15) is 0 Å².